The van der Waals surface area contributed by atoms with Gasteiger partial charge in [0, 0.05) is 29.8 Å². The summed E-state index contributed by atoms with van der Waals surface area (Å²) in [5.74, 6) is 0.956. The summed E-state index contributed by atoms with van der Waals surface area (Å²) >= 11 is 0. The fourth-order valence-electron chi connectivity index (χ4n) is 3.53. The Balaban J connectivity index is 1.24. The number of ether oxygens (including phenoxy) is 2. The Kier molecular flexibility index (Phi) is 4.68. The lowest BCUT2D eigenvalue weighted by molar-refractivity contribution is -0.118. The number of anilines is 1. The van der Waals surface area contributed by atoms with Crippen molar-refractivity contribution < 1.29 is 18.7 Å². The summed E-state index contributed by atoms with van der Waals surface area (Å²) in [6, 6.07) is 13.6. The van der Waals surface area contributed by atoms with Gasteiger partial charge in [0.25, 0.3) is 5.91 Å². The highest BCUT2D eigenvalue weighted by atomic mass is 16.5. The first-order chi connectivity index (χ1) is 14.6. The van der Waals surface area contributed by atoms with Crippen LogP contribution in [0.1, 0.15) is 24.8 Å². The molecule has 5 rings (SSSR count). The van der Waals surface area contributed by atoms with Gasteiger partial charge in [-0.2, -0.15) is 0 Å². The van der Waals surface area contributed by atoms with Gasteiger partial charge in [0.1, 0.15) is 23.3 Å². The zero-order chi connectivity index (χ0) is 20.5. The Morgan fingerprint density at radius 2 is 2.10 bits per heavy atom. The molecule has 2 N–H and O–H groups in total. The second-order valence-corrected chi connectivity index (χ2v) is 7.15. The van der Waals surface area contributed by atoms with E-state index < -0.39 is 5.63 Å². The summed E-state index contributed by atoms with van der Waals surface area (Å²) in [7, 11) is 0. The number of fused-ring (bicyclic) bond motifs is 2. The molecular formula is C22H19N3O5. The summed E-state index contributed by atoms with van der Waals surface area (Å²) in [6.07, 6.45) is 2.00. The SMILES string of the molecule is O=C(COc1ccc2ccc(=O)oc2c1)Nc1ccc2nc(C3CCCO3)[nH]c2c1. The third kappa shape index (κ3) is 3.77. The molecular weight excluding hydrogens is 386 g/mol. The first-order valence-corrected chi connectivity index (χ1v) is 9.72. The minimum absolute atomic E-state index is 0.00947. The number of amides is 1. The molecule has 8 nitrogen and oxygen atoms in total. The fraction of sp³-hybridized carbons (Fsp3) is 0.227. The number of benzene rings is 2. The Labute approximate surface area is 170 Å². The van der Waals surface area contributed by atoms with Crippen molar-refractivity contribution in [2.24, 2.45) is 0 Å². The minimum atomic E-state index is -0.436. The van der Waals surface area contributed by atoms with Crippen LogP contribution >= 0.6 is 0 Å². The summed E-state index contributed by atoms with van der Waals surface area (Å²) in [5.41, 5.74) is 2.28. The number of hydrogen-bond acceptors (Lipinski definition) is 6. The van der Waals surface area contributed by atoms with Crippen molar-refractivity contribution in [3.05, 3.63) is 64.8 Å². The zero-order valence-electron chi connectivity index (χ0n) is 16.0. The van der Waals surface area contributed by atoms with Crippen LogP contribution < -0.4 is 15.7 Å². The summed E-state index contributed by atoms with van der Waals surface area (Å²) in [4.78, 5) is 31.5. The number of nitrogens with zero attached hydrogens (tertiary/aromatic N) is 1. The molecule has 0 spiro atoms. The predicted octanol–water partition coefficient (Wildman–Crippen LogP) is 3.54. The van der Waals surface area contributed by atoms with Crippen molar-refractivity contribution in [3.8, 4) is 5.75 Å². The second kappa shape index (κ2) is 7.64. The highest BCUT2D eigenvalue weighted by Gasteiger charge is 2.21. The smallest absolute Gasteiger partial charge is 0.336 e. The van der Waals surface area contributed by atoms with E-state index in [9.17, 15) is 9.59 Å². The molecule has 152 valence electrons. The third-order valence-electron chi connectivity index (χ3n) is 4.98. The molecule has 1 aliphatic heterocycles. The van der Waals surface area contributed by atoms with Gasteiger partial charge in [0.2, 0.25) is 0 Å². The van der Waals surface area contributed by atoms with E-state index in [0.717, 1.165) is 41.7 Å². The molecule has 0 aliphatic carbocycles. The van der Waals surface area contributed by atoms with Crippen LogP contribution in [0, 0.1) is 0 Å². The van der Waals surface area contributed by atoms with Gasteiger partial charge >= 0.3 is 5.63 Å². The van der Waals surface area contributed by atoms with Gasteiger partial charge in [-0.3, -0.25) is 4.79 Å². The lowest BCUT2D eigenvalue weighted by Gasteiger charge is -2.08. The van der Waals surface area contributed by atoms with Gasteiger partial charge in [-0.15, -0.1) is 0 Å². The van der Waals surface area contributed by atoms with Crippen LogP contribution in [0.25, 0.3) is 22.0 Å². The van der Waals surface area contributed by atoms with Crippen molar-refractivity contribution in [1.29, 1.82) is 0 Å². The molecule has 3 heterocycles. The molecule has 4 aromatic rings. The molecule has 1 fully saturated rings. The maximum Gasteiger partial charge on any atom is 0.336 e. The largest absolute Gasteiger partial charge is 0.484 e. The molecule has 2 aromatic carbocycles. The number of nitrogens with one attached hydrogen (secondary N) is 2. The summed E-state index contributed by atoms with van der Waals surface area (Å²) in [6.45, 7) is 0.580. The van der Waals surface area contributed by atoms with E-state index in [-0.39, 0.29) is 18.6 Å². The highest BCUT2D eigenvalue weighted by molar-refractivity contribution is 5.94. The minimum Gasteiger partial charge on any atom is -0.484 e. The van der Waals surface area contributed by atoms with E-state index in [4.69, 9.17) is 13.9 Å². The highest BCUT2D eigenvalue weighted by Crippen LogP contribution is 2.28. The second-order valence-electron chi connectivity index (χ2n) is 7.15. The first-order valence-electron chi connectivity index (χ1n) is 9.72. The average molecular weight is 405 g/mol. The maximum absolute atomic E-state index is 12.3. The van der Waals surface area contributed by atoms with Crippen molar-refractivity contribution in [2.75, 3.05) is 18.5 Å². The molecule has 1 amide bonds. The number of aromatic nitrogens is 2. The maximum atomic E-state index is 12.3. The van der Waals surface area contributed by atoms with Crippen LogP contribution in [0.15, 0.2) is 57.7 Å². The lowest BCUT2D eigenvalue weighted by Crippen LogP contribution is -2.20. The standard InChI is InChI=1S/C22H19N3O5/c26-20(12-29-15-6-3-13-4-8-21(27)30-19(13)11-15)23-14-5-7-16-17(10-14)25-22(24-16)18-2-1-9-28-18/h3-8,10-11,18H,1-2,9,12H2,(H,23,26)(H,24,25). The Hall–Kier alpha value is -3.65. The molecule has 0 saturated carbocycles. The van der Waals surface area contributed by atoms with Crippen molar-refractivity contribution >= 4 is 33.6 Å². The normalized spacial score (nSPS) is 16.2. The van der Waals surface area contributed by atoms with E-state index in [2.05, 4.69) is 15.3 Å². The van der Waals surface area contributed by atoms with Gasteiger partial charge in [-0.1, -0.05) is 0 Å². The van der Waals surface area contributed by atoms with Crippen LogP contribution in [0.5, 0.6) is 5.75 Å². The molecule has 2 aromatic heterocycles. The third-order valence-corrected chi connectivity index (χ3v) is 4.98. The van der Waals surface area contributed by atoms with Crippen LogP contribution in [0.3, 0.4) is 0 Å². The molecule has 1 saturated heterocycles. The molecule has 30 heavy (non-hydrogen) atoms. The molecule has 1 unspecified atom stereocenters. The number of aromatic amines is 1. The number of H-pyrrole nitrogens is 1. The van der Waals surface area contributed by atoms with Crippen molar-refractivity contribution in [3.63, 3.8) is 0 Å². The molecule has 8 heteroatoms. The lowest BCUT2D eigenvalue weighted by atomic mass is 10.2. The van der Waals surface area contributed by atoms with Crippen molar-refractivity contribution in [1.82, 2.24) is 9.97 Å². The van der Waals surface area contributed by atoms with E-state index in [1.807, 2.05) is 12.1 Å². The number of carbonyl (C=O) groups excluding carboxylic acids is 1. The topological polar surface area (TPSA) is 106 Å². The summed E-state index contributed by atoms with van der Waals surface area (Å²) in [5, 5.41) is 3.59. The Morgan fingerprint density at radius 3 is 2.97 bits per heavy atom. The van der Waals surface area contributed by atoms with E-state index >= 15 is 0 Å². The van der Waals surface area contributed by atoms with E-state index in [1.165, 1.54) is 6.07 Å². The zero-order valence-corrected chi connectivity index (χ0v) is 16.0. The fourth-order valence-corrected chi connectivity index (χ4v) is 3.53. The van der Waals surface area contributed by atoms with Gasteiger partial charge in [-0.25, -0.2) is 9.78 Å². The Morgan fingerprint density at radius 1 is 1.20 bits per heavy atom. The molecule has 0 bridgehead atoms. The Bertz CT molecular complexity index is 1290. The van der Waals surface area contributed by atoms with Gasteiger partial charge in [-0.05, 0) is 49.2 Å². The van der Waals surface area contributed by atoms with Gasteiger partial charge < -0.3 is 24.2 Å². The number of rotatable bonds is 5. The molecule has 1 aliphatic rings. The molecule has 1 atom stereocenters. The van der Waals surface area contributed by atoms with E-state index in [0.29, 0.717) is 17.0 Å². The van der Waals surface area contributed by atoms with Crippen molar-refractivity contribution in [2.45, 2.75) is 18.9 Å². The summed E-state index contributed by atoms with van der Waals surface area (Å²) < 4.78 is 16.3. The van der Waals surface area contributed by atoms with E-state index in [1.54, 1.807) is 30.3 Å². The van der Waals surface area contributed by atoms with Crippen LogP contribution in [0.2, 0.25) is 0 Å². The predicted molar refractivity (Wildman–Crippen MR) is 111 cm³/mol. The average Bonchev–Trinajstić information content (AvgIpc) is 3.41. The number of carbonyl (C=O) groups is 1. The van der Waals surface area contributed by atoms with Crippen LogP contribution in [-0.4, -0.2) is 29.1 Å². The van der Waals surface area contributed by atoms with Crippen LogP contribution in [0.4, 0.5) is 5.69 Å². The van der Waals surface area contributed by atoms with Gasteiger partial charge in [0.15, 0.2) is 6.61 Å². The quantitative estimate of drug-likeness (QED) is 0.492. The van der Waals surface area contributed by atoms with Gasteiger partial charge in [0.05, 0.1) is 11.0 Å². The first kappa shape index (κ1) is 18.4. The number of hydrogen-bond donors (Lipinski definition) is 2. The van der Waals surface area contributed by atoms with Crippen LogP contribution in [-0.2, 0) is 9.53 Å². The molecule has 0 radical (unpaired) electrons. The monoisotopic (exact) mass is 405 g/mol. The number of imidazole rings is 1.